The lowest BCUT2D eigenvalue weighted by Crippen LogP contribution is -2.51. The van der Waals surface area contributed by atoms with Crippen molar-refractivity contribution in [1.82, 2.24) is 10.2 Å². The summed E-state index contributed by atoms with van der Waals surface area (Å²) in [5, 5.41) is 2.69. The van der Waals surface area contributed by atoms with E-state index in [1.807, 2.05) is 13.8 Å². The third-order valence-electron chi connectivity index (χ3n) is 3.29. The first-order valence-electron chi connectivity index (χ1n) is 6.46. The molecule has 0 bridgehead atoms. The molecule has 18 heavy (non-hydrogen) atoms. The van der Waals surface area contributed by atoms with Crippen LogP contribution in [0.2, 0.25) is 0 Å². The molecule has 104 valence electrons. The minimum Gasteiger partial charge on any atom is -0.368 e. The summed E-state index contributed by atoms with van der Waals surface area (Å²) in [4.78, 5) is 25.1. The molecule has 1 unspecified atom stereocenters. The van der Waals surface area contributed by atoms with Crippen LogP contribution in [0.1, 0.15) is 26.7 Å². The van der Waals surface area contributed by atoms with Crippen molar-refractivity contribution < 1.29 is 9.59 Å². The highest BCUT2D eigenvalue weighted by Gasteiger charge is 2.23. The van der Waals surface area contributed by atoms with Gasteiger partial charge in [0.05, 0.1) is 6.54 Å². The molecule has 0 aromatic rings. The molecule has 1 heterocycles. The van der Waals surface area contributed by atoms with Gasteiger partial charge in [0.2, 0.25) is 11.8 Å². The molecule has 6 heteroatoms. The fraction of sp³-hybridized carbons (Fsp3) is 0.833. The maximum Gasteiger partial charge on any atom is 0.240 e. The van der Waals surface area contributed by atoms with Crippen LogP contribution >= 0.6 is 0 Å². The zero-order chi connectivity index (χ0) is 13.7. The molecule has 0 aromatic carbocycles. The topological polar surface area (TPSA) is 101 Å². The van der Waals surface area contributed by atoms with Crippen LogP contribution in [0.3, 0.4) is 0 Å². The van der Waals surface area contributed by atoms with Gasteiger partial charge in [0.25, 0.3) is 0 Å². The number of carbonyl (C=O) groups excluding carboxylic acids is 2. The minimum atomic E-state index is -0.593. The zero-order valence-electron chi connectivity index (χ0n) is 11.2. The number of nitrogens with two attached hydrogens (primary N) is 2. The molecule has 0 aromatic heterocycles. The Bertz CT molecular complexity index is 298. The van der Waals surface area contributed by atoms with E-state index in [1.54, 1.807) is 0 Å². The van der Waals surface area contributed by atoms with E-state index in [0.29, 0.717) is 6.54 Å². The lowest BCUT2D eigenvalue weighted by Gasteiger charge is -2.30. The summed E-state index contributed by atoms with van der Waals surface area (Å²) >= 11 is 0. The second-order valence-electron chi connectivity index (χ2n) is 5.31. The molecule has 0 saturated carbocycles. The van der Waals surface area contributed by atoms with Crippen LogP contribution in [0.15, 0.2) is 0 Å². The Kier molecular flexibility index (Phi) is 5.55. The molecule has 0 spiro atoms. The highest BCUT2D eigenvalue weighted by Crippen LogP contribution is 2.07. The molecule has 1 rings (SSSR count). The number of amides is 2. The molecule has 1 atom stereocenters. The summed E-state index contributed by atoms with van der Waals surface area (Å²) in [6.45, 7) is 5.68. The third-order valence-corrected chi connectivity index (χ3v) is 3.29. The molecule has 1 fully saturated rings. The SMILES string of the molecule is CC(C)C(NC(=O)CN1CCC(N)CC1)C(N)=O. The number of likely N-dealkylation sites (tertiary alicyclic amines) is 1. The van der Waals surface area contributed by atoms with Crippen molar-refractivity contribution in [2.45, 2.75) is 38.8 Å². The number of nitrogens with zero attached hydrogens (tertiary/aromatic N) is 1. The number of piperidine rings is 1. The number of hydrogen-bond donors (Lipinski definition) is 3. The summed E-state index contributed by atoms with van der Waals surface area (Å²) in [5.74, 6) is -0.636. The van der Waals surface area contributed by atoms with Crippen molar-refractivity contribution in [2.24, 2.45) is 17.4 Å². The lowest BCUT2D eigenvalue weighted by molar-refractivity contribution is -0.129. The Labute approximate surface area is 108 Å². The van der Waals surface area contributed by atoms with Gasteiger partial charge in [-0.2, -0.15) is 0 Å². The van der Waals surface area contributed by atoms with Crippen molar-refractivity contribution in [3.05, 3.63) is 0 Å². The van der Waals surface area contributed by atoms with Crippen LogP contribution in [0, 0.1) is 5.92 Å². The first-order chi connectivity index (χ1) is 8.40. The number of carbonyl (C=O) groups is 2. The Morgan fingerprint density at radius 1 is 1.33 bits per heavy atom. The van der Waals surface area contributed by atoms with Gasteiger partial charge >= 0.3 is 0 Å². The van der Waals surface area contributed by atoms with Gasteiger partial charge in [-0.05, 0) is 18.8 Å². The van der Waals surface area contributed by atoms with E-state index in [9.17, 15) is 9.59 Å². The molecular formula is C12H24N4O2. The van der Waals surface area contributed by atoms with Gasteiger partial charge in [0.15, 0.2) is 0 Å². The summed E-state index contributed by atoms with van der Waals surface area (Å²) in [6.07, 6.45) is 1.83. The average molecular weight is 256 g/mol. The summed E-state index contributed by atoms with van der Waals surface area (Å²) in [6, 6.07) is -0.345. The van der Waals surface area contributed by atoms with Crippen molar-refractivity contribution >= 4 is 11.8 Å². The summed E-state index contributed by atoms with van der Waals surface area (Å²) in [5.41, 5.74) is 11.1. The Balaban J connectivity index is 2.38. The van der Waals surface area contributed by atoms with E-state index < -0.39 is 11.9 Å². The van der Waals surface area contributed by atoms with Crippen LogP contribution in [-0.2, 0) is 9.59 Å². The van der Waals surface area contributed by atoms with Crippen LogP contribution in [-0.4, -0.2) is 48.4 Å². The Hall–Kier alpha value is -1.14. The predicted octanol–water partition coefficient (Wildman–Crippen LogP) is -0.964. The standard InChI is InChI=1S/C12H24N4O2/c1-8(2)11(12(14)18)15-10(17)7-16-5-3-9(13)4-6-16/h8-9,11H,3-7,13H2,1-2H3,(H2,14,18)(H,15,17). The summed E-state index contributed by atoms with van der Waals surface area (Å²) < 4.78 is 0. The van der Waals surface area contributed by atoms with Gasteiger partial charge in [-0.15, -0.1) is 0 Å². The average Bonchev–Trinajstić information content (AvgIpc) is 2.28. The minimum absolute atomic E-state index is 0.00114. The van der Waals surface area contributed by atoms with Crippen molar-refractivity contribution in [2.75, 3.05) is 19.6 Å². The fourth-order valence-corrected chi connectivity index (χ4v) is 2.10. The molecular weight excluding hydrogens is 232 g/mol. The Morgan fingerprint density at radius 2 is 1.89 bits per heavy atom. The highest BCUT2D eigenvalue weighted by molar-refractivity contribution is 5.87. The van der Waals surface area contributed by atoms with Crippen molar-refractivity contribution in [1.29, 1.82) is 0 Å². The van der Waals surface area contributed by atoms with E-state index in [2.05, 4.69) is 10.2 Å². The van der Waals surface area contributed by atoms with Gasteiger partial charge in [0.1, 0.15) is 6.04 Å². The van der Waals surface area contributed by atoms with Crippen molar-refractivity contribution in [3.63, 3.8) is 0 Å². The van der Waals surface area contributed by atoms with Crippen LogP contribution < -0.4 is 16.8 Å². The first kappa shape index (κ1) is 14.9. The van der Waals surface area contributed by atoms with Gasteiger partial charge in [-0.1, -0.05) is 13.8 Å². The molecule has 6 nitrogen and oxygen atoms in total. The summed E-state index contributed by atoms with van der Waals surface area (Å²) in [7, 11) is 0. The van der Waals surface area contributed by atoms with Gasteiger partial charge in [0, 0.05) is 19.1 Å². The highest BCUT2D eigenvalue weighted by atomic mass is 16.2. The van der Waals surface area contributed by atoms with E-state index in [4.69, 9.17) is 11.5 Å². The van der Waals surface area contributed by atoms with E-state index in [1.165, 1.54) is 0 Å². The van der Waals surface area contributed by atoms with Gasteiger partial charge < -0.3 is 16.8 Å². The van der Waals surface area contributed by atoms with E-state index in [0.717, 1.165) is 25.9 Å². The lowest BCUT2D eigenvalue weighted by atomic mass is 10.0. The van der Waals surface area contributed by atoms with E-state index in [-0.39, 0.29) is 17.9 Å². The molecule has 1 saturated heterocycles. The fourth-order valence-electron chi connectivity index (χ4n) is 2.10. The third kappa shape index (κ3) is 4.62. The maximum absolute atomic E-state index is 11.8. The van der Waals surface area contributed by atoms with Crippen LogP contribution in [0.5, 0.6) is 0 Å². The maximum atomic E-state index is 11.8. The molecule has 0 radical (unpaired) electrons. The van der Waals surface area contributed by atoms with Gasteiger partial charge in [-0.25, -0.2) is 0 Å². The molecule has 2 amide bonds. The number of nitrogens with one attached hydrogen (secondary N) is 1. The van der Waals surface area contributed by atoms with Crippen molar-refractivity contribution in [3.8, 4) is 0 Å². The predicted molar refractivity (Wildman–Crippen MR) is 69.6 cm³/mol. The van der Waals surface area contributed by atoms with Crippen LogP contribution in [0.4, 0.5) is 0 Å². The number of rotatable bonds is 5. The molecule has 0 aliphatic carbocycles. The van der Waals surface area contributed by atoms with E-state index >= 15 is 0 Å². The number of hydrogen-bond acceptors (Lipinski definition) is 4. The second-order valence-corrected chi connectivity index (χ2v) is 5.31. The number of primary amides is 1. The molecule has 1 aliphatic rings. The normalized spacial score (nSPS) is 19.8. The first-order valence-corrected chi connectivity index (χ1v) is 6.46. The Morgan fingerprint density at radius 3 is 2.33 bits per heavy atom. The largest absolute Gasteiger partial charge is 0.368 e. The molecule has 1 aliphatic heterocycles. The quantitative estimate of drug-likeness (QED) is 0.589. The second kappa shape index (κ2) is 6.70. The van der Waals surface area contributed by atoms with Crippen LogP contribution in [0.25, 0.3) is 0 Å². The zero-order valence-corrected chi connectivity index (χ0v) is 11.2. The smallest absolute Gasteiger partial charge is 0.240 e. The monoisotopic (exact) mass is 256 g/mol. The molecule has 5 N–H and O–H groups in total. The van der Waals surface area contributed by atoms with Gasteiger partial charge in [-0.3, -0.25) is 14.5 Å².